The largest absolute Gasteiger partial charge is 0.486 e. The fourth-order valence-corrected chi connectivity index (χ4v) is 3.93. The summed E-state index contributed by atoms with van der Waals surface area (Å²) in [6, 6.07) is 2.05. The number of hydrogen-bond donors (Lipinski definition) is 1. The highest BCUT2D eigenvalue weighted by molar-refractivity contribution is 7.16. The summed E-state index contributed by atoms with van der Waals surface area (Å²) in [5, 5.41) is 14.7. The molecule has 0 radical (unpaired) electrons. The molecule has 0 aromatic carbocycles. The number of aromatic amines is 1. The van der Waals surface area contributed by atoms with Crippen LogP contribution in [-0.2, 0) is 15.7 Å². The van der Waals surface area contributed by atoms with Crippen LogP contribution in [0.1, 0.15) is 23.8 Å². The minimum absolute atomic E-state index is 0.0730. The number of nitriles is 1. The van der Waals surface area contributed by atoms with E-state index in [-0.39, 0.29) is 25.5 Å². The fourth-order valence-electron chi connectivity index (χ4n) is 3.17. The number of ether oxygens (including phenoxy) is 2. The zero-order chi connectivity index (χ0) is 24.0. The molecule has 3 rings (SSSR count). The van der Waals surface area contributed by atoms with E-state index >= 15 is 0 Å². The van der Waals surface area contributed by atoms with Crippen molar-refractivity contribution in [3.05, 3.63) is 33.2 Å². The van der Waals surface area contributed by atoms with Crippen LogP contribution in [-0.4, -0.2) is 71.5 Å². The van der Waals surface area contributed by atoms with Crippen LogP contribution in [0.4, 0.5) is 18.3 Å². The predicted molar refractivity (Wildman–Crippen MR) is 111 cm³/mol. The third-order valence-corrected chi connectivity index (χ3v) is 5.72. The van der Waals surface area contributed by atoms with E-state index in [1.54, 1.807) is 10.00 Å². The number of anilines is 1. The van der Waals surface area contributed by atoms with Gasteiger partial charge in [-0.05, 0) is 6.92 Å². The van der Waals surface area contributed by atoms with Crippen molar-refractivity contribution in [3.8, 4) is 11.8 Å². The van der Waals surface area contributed by atoms with Gasteiger partial charge in [-0.25, -0.2) is 10.1 Å². The topological polar surface area (TPSA) is 124 Å². The van der Waals surface area contributed by atoms with Gasteiger partial charge in [-0.3, -0.25) is 9.59 Å². The van der Waals surface area contributed by atoms with Crippen LogP contribution in [0, 0.1) is 11.3 Å². The fraction of sp³-hybridized carbons (Fsp3) is 0.526. The number of hydrogen-bond acceptors (Lipinski definition) is 9. The summed E-state index contributed by atoms with van der Waals surface area (Å²) in [4.78, 5) is 32.3. The van der Waals surface area contributed by atoms with Gasteiger partial charge in [0.1, 0.15) is 17.1 Å². The Kier molecular flexibility index (Phi) is 7.88. The molecule has 1 saturated heterocycles. The van der Waals surface area contributed by atoms with E-state index in [4.69, 9.17) is 14.7 Å². The molecule has 0 spiro atoms. The molecule has 2 aromatic heterocycles. The first-order valence-electron chi connectivity index (χ1n) is 9.97. The van der Waals surface area contributed by atoms with Gasteiger partial charge in [0.25, 0.3) is 5.56 Å². The number of aromatic nitrogens is 3. The molecule has 0 saturated carbocycles. The lowest BCUT2D eigenvalue weighted by Crippen LogP contribution is -2.49. The Balaban J connectivity index is 1.39. The van der Waals surface area contributed by atoms with Gasteiger partial charge >= 0.3 is 6.18 Å². The molecule has 0 bridgehead atoms. The number of alkyl halides is 3. The highest BCUT2D eigenvalue weighted by Crippen LogP contribution is 2.33. The zero-order valence-corrected chi connectivity index (χ0v) is 18.4. The molecule has 3 heterocycles. The minimum atomic E-state index is -4.89. The van der Waals surface area contributed by atoms with Gasteiger partial charge < -0.3 is 19.3 Å². The van der Waals surface area contributed by atoms with Gasteiger partial charge in [-0.2, -0.15) is 23.5 Å². The lowest BCUT2D eigenvalue weighted by atomic mass is 10.2. The van der Waals surface area contributed by atoms with Gasteiger partial charge in [-0.1, -0.05) is 11.3 Å². The Morgan fingerprint density at radius 2 is 2.06 bits per heavy atom. The molecule has 33 heavy (non-hydrogen) atoms. The summed E-state index contributed by atoms with van der Waals surface area (Å²) < 4.78 is 49.7. The molecule has 1 aliphatic heterocycles. The molecule has 14 heteroatoms. The van der Waals surface area contributed by atoms with Crippen molar-refractivity contribution < 1.29 is 27.4 Å². The summed E-state index contributed by atoms with van der Waals surface area (Å²) in [5.74, 6) is -0.781. The molecule has 2 aromatic rings. The quantitative estimate of drug-likeness (QED) is 0.559. The van der Waals surface area contributed by atoms with Crippen molar-refractivity contribution in [1.82, 2.24) is 20.1 Å². The Morgan fingerprint density at radius 1 is 1.33 bits per heavy atom. The number of halogens is 3. The SMILES string of the molecule is C[C@@H](COCCC(=O)N1CCN(c2ncc(C#N)s2)CC1)Oc1cn[nH]c(=O)c1C(F)(F)F. The molecule has 1 fully saturated rings. The molecule has 10 nitrogen and oxygen atoms in total. The molecular formula is C19H21F3N6O4S. The van der Waals surface area contributed by atoms with E-state index in [1.165, 1.54) is 24.5 Å². The van der Waals surface area contributed by atoms with Crippen LogP contribution < -0.4 is 15.2 Å². The van der Waals surface area contributed by atoms with E-state index < -0.39 is 29.2 Å². The number of nitrogens with zero attached hydrogens (tertiary/aromatic N) is 5. The zero-order valence-electron chi connectivity index (χ0n) is 17.6. The molecule has 0 unspecified atom stereocenters. The maximum atomic E-state index is 13.1. The van der Waals surface area contributed by atoms with E-state index in [1.807, 2.05) is 11.0 Å². The second-order valence-corrected chi connectivity index (χ2v) is 8.19. The average molecular weight is 486 g/mol. The maximum absolute atomic E-state index is 13.1. The summed E-state index contributed by atoms with van der Waals surface area (Å²) in [6.45, 7) is 3.70. The monoisotopic (exact) mass is 486 g/mol. The number of amides is 1. The van der Waals surface area contributed by atoms with Crippen molar-refractivity contribution in [2.75, 3.05) is 44.3 Å². The van der Waals surface area contributed by atoms with E-state index in [9.17, 15) is 22.8 Å². The molecular weight excluding hydrogens is 465 g/mol. The number of H-pyrrole nitrogens is 1. The second kappa shape index (κ2) is 10.6. The lowest BCUT2D eigenvalue weighted by molar-refractivity contribution is -0.141. The van der Waals surface area contributed by atoms with Gasteiger partial charge in [0.15, 0.2) is 16.4 Å². The highest BCUT2D eigenvalue weighted by atomic mass is 32.1. The Morgan fingerprint density at radius 3 is 2.70 bits per heavy atom. The van der Waals surface area contributed by atoms with Gasteiger partial charge in [0.2, 0.25) is 5.91 Å². The van der Waals surface area contributed by atoms with Gasteiger partial charge in [-0.15, -0.1) is 0 Å². The number of thiazole rings is 1. The lowest BCUT2D eigenvalue weighted by Gasteiger charge is -2.34. The van der Waals surface area contributed by atoms with E-state index in [0.717, 1.165) is 11.3 Å². The molecule has 1 aliphatic rings. The number of piperazine rings is 1. The summed E-state index contributed by atoms with van der Waals surface area (Å²) in [7, 11) is 0. The molecule has 1 amide bonds. The normalized spacial score (nSPS) is 15.2. The molecule has 1 N–H and O–H groups in total. The molecule has 0 aliphatic carbocycles. The standard InChI is InChI=1S/C19H21F3N6O4S/c1-12(32-14-10-25-26-17(30)16(14)19(20,21)22)11-31-7-2-15(29)27-3-5-28(6-4-27)18-24-9-13(8-23)33-18/h9-10,12H,2-7,11H2,1H3,(H,26,30)/t12-/m0/s1. The maximum Gasteiger partial charge on any atom is 0.425 e. The van der Waals surface area contributed by atoms with Crippen molar-refractivity contribution in [3.63, 3.8) is 0 Å². The van der Waals surface area contributed by atoms with Gasteiger partial charge in [0, 0.05) is 26.2 Å². The van der Waals surface area contributed by atoms with Gasteiger partial charge in [0.05, 0.1) is 32.0 Å². The summed E-state index contributed by atoms with van der Waals surface area (Å²) in [6.07, 6.45) is -3.26. The first-order chi connectivity index (χ1) is 15.7. The Bertz CT molecular complexity index is 1060. The summed E-state index contributed by atoms with van der Waals surface area (Å²) >= 11 is 1.30. The van der Waals surface area contributed by atoms with Crippen molar-refractivity contribution in [2.24, 2.45) is 0 Å². The minimum Gasteiger partial charge on any atom is -0.486 e. The Hall–Kier alpha value is -3.18. The van der Waals surface area contributed by atoms with Crippen LogP contribution in [0.15, 0.2) is 17.2 Å². The van der Waals surface area contributed by atoms with Crippen molar-refractivity contribution >= 4 is 22.4 Å². The highest BCUT2D eigenvalue weighted by Gasteiger charge is 2.38. The smallest absolute Gasteiger partial charge is 0.425 e. The molecule has 178 valence electrons. The van der Waals surface area contributed by atoms with E-state index in [2.05, 4.69) is 10.1 Å². The first-order valence-corrected chi connectivity index (χ1v) is 10.8. The van der Waals surface area contributed by atoms with Crippen LogP contribution >= 0.6 is 11.3 Å². The number of nitrogens with one attached hydrogen (secondary N) is 1. The average Bonchev–Trinajstić information content (AvgIpc) is 3.25. The Labute approximate surface area is 190 Å². The van der Waals surface area contributed by atoms with Crippen LogP contribution in [0.3, 0.4) is 0 Å². The first kappa shape index (κ1) is 24.5. The number of carbonyl (C=O) groups is 1. The number of rotatable bonds is 8. The van der Waals surface area contributed by atoms with Crippen LogP contribution in [0.5, 0.6) is 5.75 Å². The number of carbonyl (C=O) groups excluding carboxylic acids is 1. The molecule has 1 atom stereocenters. The second-order valence-electron chi connectivity index (χ2n) is 7.18. The van der Waals surface area contributed by atoms with Crippen molar-refractivity contribution in [2.45, 2.75) is 25.6 Å². The third kappa shape index (κ3) is 6.42. The predicted octanol–water partition coefficient (Wildman–Crippen LogP) is 1.64. The van der Waals surface area contributed by atoms with Crippen molar-refractivity contribution in [1.29, 1.82) is 5.26 Å². The van der Waals surface area contributed by atoms with Crippen LogP contribution in [0.2, 0.25) is 0 Å². The third-order valence-electron chi connectivity index (χ3n) is 4.75. The van der Waals surface area contributed by atoms with Crippen LogP contribution in [0.25, 0.3) is 0 Å². The van der Waals surface area contributed by atoms with E-state index in [0.29, 0.717) is 31.1 Å². The summed E-state index contributed by atoms with van der Waals surface area (Å²) in [5.41, 5.74) is -2.85.